The van der Waals surface area contributed by atoms with Gasteiger partial charge in [0.1, 0.15) is 5.54 Å². The number of nitrogens with zero attached hydrogens (tertiary/aromatic N) is 2. The van der Waals surface area contributed by atoms with Crippen LogP contribution in [-0.2, 0) is 4.79 Å². The van der Waals surface area contributed by atoms with Crippen molar-refractivity contribution < 1.29 is 9.90 Å². The lowest BCUT2D eigenvalue weighted by atomic mass is 9.90. The molecule has 0 aromatic rings. The third-order valence-electron chi connectivity index (χ3n) is 4.63. The van der Waals surface area contributed by atoms with Crippen LogP contribution in [-0.4, -0.2) is 73.2 Å². The van der Waals surface area contributed by atoms with E-state index in [1.165, 1.54) is 25.9 Å². The van der Waals surface area contributed by atoms with Gasteiger partial charge in [-0.2, -0.15) is 0 Å². The minimum Gasteiger partial charge on any atom is -0.480 e. The zero-order valence-corrected chi connectivity index (χ0v) is 13.3. The highest BCUT2D eigenvalue weighted by atomic mass is 16.4. The Kier molecular flexibility index (Phi) is 7.48. The van der Waals surface area contributed by atoms with Gasteiger partial charge in [0.15, 0.2) is 0 Å². The highest BCUT2D eigenvalue weighted by Crippen LogP contribution is 2.17. The molecule has 2 N–H and O–H groups in total. The number of nitrogens with one attached hydrogen (secondary N) is 1. The Morgan fingerprint density at radius 1 is 1.35 bits per heavy atom. The van der Waals surface area contributed by atoms with Gasteiger partial charge in [0.05, 0.1) is 0 Å². The predicted octanol–water partition coefficient (Wildman–Crippen LogP) is 1.25. The van der Waals surface area contributed by atoms with Crippen molar-refractivity contribution in [2.45, 2.75) is 44.6 Å². The van der Waals surface area contributed by atoms with Crippen molar-refractivity contribution in [1.29, 1.82) is 0 Å². The molecule has 1 aliphatic heterocycles. The molecule has 5 heteroatoms. The number of carbonyl (C=O) groups is 1. The third-order valence-corrected chi connectivity index (χ3v) is 4.63. The second kappa shape index (κ2) is 8.60. The summed E-state index contributed by atoms with van der Waals surface area (Å²) >= 11 is 0. The SMILES string of the molecule is CCC(CCCN(C)CCN1CCCC1)(NC)C(=O)O. The van der Waals surface area contributed by atoms with Crippen LogP contribution in [0.3, 0.4) is 0 Å². The number of hydrogen-bond donors (Lipinski definition) is 2. The van der Waals surface area contributed by atoms with Crippen molar-refractivity contribution in [3.05, 3.63) is 0 Å². The fraction of sp³-hybridized carbons (Fsp3) is 0.933. The predicted molar refractivity (Wildman–Crippen MR) is 82.1 cm³/mol. The summed E-state index contributed by atoms with van der Waals surface area (Å²) in [4.78, 5) is 16.2. The first-order chi connectivity index (χ1) is 9.54. The van der Waals surface area contributed by atoms with E-state index in [9.17, 15) is 9.90 Å². The van der Waals surface area contributed by atoms with Gasteiger partial charge < -0.3 is 20.2 Å². The molecule has 1 saturated heterocycles. The zero-order chi connectivity index (χ0) is 15.0. The van der Waals surface area contributed by atoms with Crippen molar-refractivity contribution in [2.24, 2.45) is 0 Å². The lowest BCUT2D eigenvalue weighted by Gasteiger charge is -2.29. The Morgan fingerprint density at radius 2 is 2.00 bits per heavy atom. The Hall–Kier alpha value is -0.650. The summed E-state index contributed by atoms with van der Waals surface area (Å²) in [6.45, 7) is 7.59. The topological polar surface area (TPSA) is 55.8 Å². The molecule has 1 atom stereocenters. The summed E-state index contributed by atoms with van der Waals surface area (Å²) in [5.74, 6) is -0.734. The van der Waals surface area contributed by atoms with Crippen molar-refractivity contribution in [2.75, 3.05) is 46.8 Å². The van der Waals surface area contributed by atoms with Gasteiger partial charge in [0, 0.05) is 13.1 Å². The van der Waals surface area contributed by atoms with Crippen LogP contribution in [0.1, 0.15) is 39.0 Å². The van der Waals surface area contributed by atoms with Crippen LogP contribution >= 0.6 is 0 Å². The van der Waals surface area contributed by atoms with E-state index < -0.39 is 11.5 Å². The van der Waals surface area contributed by atoms with E-state index in [1.807, 2.05) is 6.92 Å². The van der Waals surface area contributed by atoms with Crippen LogP contribution in [0, 0.1) is 0 Å². The van der Waals surface area contributed by atoms with E-state index in [0.29, 0.717) is 12.8 Å². The van der Waals surface area contributed by atoms with E-state index >= 15 is 0 Å². The van der Waals surface area contributed by atoms with E-state index in [1.54, 1.807) is 7.05 Å². The zero-order valence-electron chi connectivity index (χ0n) is 13.3. The Bertz CT molecular complexity index is 287. The van der Waals surface area contributed by atoms with E-state index in [2.05, 4.69) is 22.2 Å². The summed E-state index contributed by atoms with van der Waals surface area (Å²) in [5, 5.41) is 12.3. The number of carboxylic acids is 1. The third kappa shape index (κ3) is 5.04. The second-order valence-electron chi connectivity index (χ2n) is 5.95. The van der Waals surface area contributed by atoms with Crippen LogP contribution in [0.5, 0.6) is 0 Å². The minimum absolute atomic E-state index is 0.621. The standard InChI is InChI=1S/C15H31N3O2/c1-4-15(16-2,14(19)20)8-7-9-17(3)12-13-18-10-5-6-11-18/h16H,4-13H2,1-3H3,(H,19,20). The van der Waals surface area contributed by atoms with Gasteiger partial charge in [-0.15, -0.1) is 0 Å². The highest BCUT2D eigenvalue weighted by Gasteiger charge is 2.34. The van der Waals surface area contributed by atoms with Crippen LogP contribution < -0.4 is 5.32 Å². The van der Waals surface area contributed by atoms with Crippen molar-refractivity contribution in [3.8, 4) is 0 Å². The van der Waals surface area contributed by atoms with Gasteiger partial charge in [-0.1, -0.05) is 6.92 Å². The average Bonchev–Trinajstić information content (AvgIpc) is 2.94. The summed E-state index contributed by atoms with van der Waals surface area (Å²) in [6.07, 6.45) is 4.89. The smallest absolute Gasteiger partial charge is 0.323 e. The Balaban J connectivity index is 2.22. The molecule has 1 rings (SSSR count). The molecule has 1 unspecified atom stereocenters. The first kappa shape index (κ1) is 17.4. The molecule has 0 aromatic carbocycles. The van der Waals surface area contributed by atoms with Gasteiger partial charge >= 0.3 is 5.97 Å². The van der Waals surface area contributed by atoms with Gasteiger partial charge in [-0.3, -0.25) is 4.79 Å². The molecule has 5 nitrogen and oxygen atoms in total. The van der Waals surface area contributed by atoms with Gasteiger partial charge in [0.2, 0.25) is 0 Å². The molecule has 0 radical (unpaired) electrons. The lowest BCUT2D eigenvalue weighted by molar-refractivity contribution is -0.145. The lowest BCUT2D eigenvalue weighted by Crippen LogP contribution is -2.50. The monoisotopic (exact) mass is 285 g/mol. The summed E-state index contributed by atoms with van der Waals surface area (Å²) in [7, 11) is 3.87. The van der Waals surface area contributed by atoms with E-state index in [0.717, 1.165) is 26.1 Å². The summed E-state index contributed by atoms with van der Waals surface area (Å²) in [5.41, 5.74) is -0.754. The maximum Gasteiger partial charge on any atom is 0.323 e. The number of carboxylic acid groups (broad SMARTS) is 1. The quantitative estimate of drug-likeness (QED) is 0.632. The molecule has 0 bridgehead atoms. The van der Waals surface area contributed by atoms with Crippen molar-refractivity contribution >= 4 is 5.97 Å². The van der Waals surface area contributed by atoms with Crippen LogP contribution in [0.25, 0.3) is 0 Å². The molecule has 0 saturated carbocycles. The van der Waals surface area contributed by atoms with Gasteiger partial charge in [0.25, 0.3) is 0 Å². The first-order valence-electron chi connectivity index (χ1n) is 7.87. The molecule has 118 valence electrons. The minimum atomic E-state index is -0.754. The molecular formula is C15H31N3O2. The average molecular weight is 285 g/mol. The molecule has 0 amide bonds. The fourth-order valence-electron chi connectivity index (χ4n) is 2.92. The summed E-state index contributed by atoms with van der Waals surface area (Å²) < 4.78 is 0. The molecule has 0 aliphatic carbocycles. The highest BCUT2D eigenvalue weighted by molar-refractivity contribution is 5.78. The molecule has 1 heterocycles. The van der Waals surface area contributed by atoms with Crippen LogP contribution in [0.15, 0.2) is 0 Å². The Morgan fingerprint density at radius 3 is 2.50 bits per heavy atom. The largest absolute Gasteiger partial charge is 0.480 e. The van der Waals surface area contributed by atoms with Gasteiger partial charge in [-0.25, -0.2) is 0 Å². The Labute approximate surface area is 123 Å². The number of rotatable bonds is 10. The molecular weight excluding hydrogens is 254 g/mol. The second-order valence-corrected chi connectivity index (χ2v) is 5.95. The van der Waals surface area contributed by atoms with Crippen molar-refractivity contribution in [1.82, 2.24) is 15.1 Å². The van der Waals surface area contributed by atoms with Crippen molar-refractivity contribution in [3.63, 3.8) is 0 Å². The van der Waals surface area contributed by atoms with Crippen LogP contribution in [0.4, 0.5) is 0 Å². The molecule has 0 aromatic heterocycles. The number of aliphatic carboxylic acids is 1. The molecule has 1 fully saturated rings. The molecule has 20 heavy (non-hydrogen) atoms. The van der Waals surface area contributed by atoms with E-state index in [-0.39, 0.29) is 0 Å². The van der Waals surface area contributed by atoms with E-state index in [4.69, 9.17) is 0 Å². The number of likely N-dealkylation sites (tertiary alicyclic amines) is 1. The maximum atomic E-state index is 11.4. The first-order valence-corrected chi connectivity index (χ1v) is 7.87. The number of hydrogen-bond acceptors (Lipinski definition) is 4. The van der Waals surface area contributed by atoms with Crippen LogP contribution in [0.2, 0.25) is 0 Å². The fourth-order valence-corrected chi connectivity index (χ4v) is 2.92. The number of likely N-dealkylation sites (N-methyl/N-ethyl adjacent to an activating group) is 2. The summed E-state index contributed by atoms with van der Waals surface area (Å²) in [6, 6.07) is 0. The van der Waals surface area contributed by atoms with Gasteiger partial charge in [-0.05, 0) is 65.8 Å². The maximum absolute atomic E-state index is 11.4. The normalized spacial score (nSPS) is 19.4. The molecule has 1 aliphatic rings. The molecule has 0 spiro atoms.